The van der Waals surface area contributed by atoms with E-state index in [4.69, 9.17) is 14.2 Å². The molecule has 1 amide bonds. The van der Waals surface area contributed by atoms with Crippen molar-refractivity contribution < 1.29 is 27.4 Å². The molecule has 0 aliphatic rings. The first-order valence-electron chi connectivity index (χ1n) is 10.5. The molecule has 0 saturated heterocycles. The molecule has 8 nitrogen and oxygen atoms in total. The lowest BCUT2D eigenvalue weighted by molar-refractivity contribution is -0.111. The fraction of sp³-hybridized carbons (Fsp3) is 0.375. The van der Waals surface area contributed by atoms with Crippen molar-refractivity contribution in [2.24, 2.45) is 0 Å². The van der Waals surface area contributed by atoms with E-state index >= 15 is 0 Å². The monoisotopic (exact) mass is 476 g/mol. The van der Waals surface area contributed by atoms with Crippen molar-refractivity contribution in [3.05, 3.63) is 47.0 Å². The SMILES string of the molecule is CCN(CC)S(=O)(=O)c1cc(C)c(C)c(NC(=O)/C=C/c2cc(OC)c(OC)c(OC)c2)c1. The number of nitrogens with zero attached hydrogens (tertiary/aromatic N) is 1. The van der Waals surface area contributed by atoms with Gasteiger partial charge in [0, 0.05) is 24.9 Å². The third kappa shape index (κ3) is 5.85. The zero-order valence-corrected chi connectivity index (χ0v) is 21.0. The van der Waals surface area contributed by atoms with Gasteiger partial charge < -0.3 is 19.5 Å². The molecule has 0 spiro atoms. The van der Waals surface area contributed by atoms with Gasteiger partial charge in [-0.25, -0.2) is 8.42 Å². The highest BCUT2D eigenvalue weighted by molar-refractivity contribution is 7.89. The molecular formula is C24H32N2O6S. The van der Waals surface area contributed by atoms with Crippen molar-refractivity contribution in [1.29, 1.82) is 0 Å². The molecule has 0 heterocycles. The highest BCUT2D eigenvalue weighted by Crippen LogP contribution is 2.38. The number of hydrogen-bond donors (Lipinski definition) is 1. The summed E-state index contributed by atoms with van der Waals surface area (Å²) in [7, 11) is 0.896. The number of ether oxygens (including phenoxy) is 3. The Hall–Kier alpha value is -3.04. The van der Waals surface area contributed by atoms with E-state index in [2.05, 4.69) is 5.32 Å². The second-order valence-electron chi connectivity index (χ2n) is 7.28. The fourth-order valence-corrected chi connectivity index (χ4v) is 4.93. The number of anilines is 1. The van der Waals surface area contributed by atoms with Gasteiger partial charge >= 0.3 is 0 Å². The number of benzene rings is 2. The number of carbonyl (C=O) groups is 1. The van der Waals surface area contributed by atoms with Crippen LogP contribution in [0.25, 0.3) is 6.08 Å². The minimum absolute atomic E-state index is 0.151. The number of amides is 1. The van der Waals surface area contributed by atoms with Gasteiger partial charge in [0.1, 0.15) is 0 Å². The van der Waals surface area contributed by atoms with Crippen molar-refractivity contribution >= 4 is 27.7 Å². The molecule has 0 unspecified atom stereocenters. The lowest BCUT2D eigenvalue weighted by atomic mass is 10.1. The largest absolute Gasteiger partial charge is 0.493 e. The first kappa shape index (κ1) is 26.2. The average Bonchev–Trinajstić information content (AvgIpc) is 2.80. The topological polar surface area (TPSA) is 94.2 Å². The van der Waals surface area contributed by atoms with Gasteiger partial charge in [-0.2, -0.15) is 4.31 Å². The molecular weight excluding hydrogens is 444 g/mol. The number of carbonyl (C=O) groups excluding carboxylic acids is 1. The summed E-state index contributed by atoms with van der Waals surface area (Å²) < 4.78 is 43.2. The molecule has 0 saturated carbocycles. The van der Waals surface area contributed by atoms with E-state index in [1.807, 2.05) is 13.8 Å². The van der Waals surface area contributed by atoms with E-state index < -0.39 is 15.9 Å². The Bertz CT molecular complexity index is 1110. The summed E-state index contributed by atoms with van der Waals surface area (Å²) in [5.74, 6) is 0.998. The van der Waals surface area contributed by atoms with Gasteiger partial charge in [0.05, 0.1) is 26.2 Å². The Morgan fingerprint density at radius 2 is 1.55 bits per heavy atom. The van der Waals surface area contributed by atoms with Crippen LogP contribution in [0.15, 0.2) is 35.2 Å². The van der Waals surface area contributed by atoms with Crippen LogP contribution >= 0.6 is 0 Å². The predicted molar refractivity (Wildman–Crippen MR) is 130 cm³/mol. The standard InChI is InChI=1S/C24H32N2O6S/c1-8-26(9-2)33(28,29)19-12-16(3)17(4)20(15-19)25-23(27)11-10-18-13-21(30-5)24(32-7)22(14-18)31-6/h10-15H,8-9H2,1-7H3,(H,25,27)/b11-10+. The van der Waals surface area contributed by atoms with Crippen LogP contribution in [0.5, 0.6) is 17.2 Å². The van der Waals surface area contributed by atoms with E-state index in [9.17, 15) is 13.2 Å². The van der Waals surface area contributed by atoms with Crippen molar-refractivity contribution in [2.45, 2.75) is 32.6 Å². The van der Waals surface area contributed by atoms with Crippen LogP contribution in [0, 0.1) is 13.8 Å². The third-order valence-electron chi connectivity index (χ3n) is 5.36. The lowest BCUT2D eigenvalue weighted by Crippen LogP contribution is -2.30. The summed E-state index contributed by atoms with van der Waals surface area (Å²) in [4.78, 5) is 12.8. The molecule has 0 radical (unpaired) electrons. The van der Waals surface area contributed by atoms with Crippen molar-refractivity contribution in [3.63, 3.8) is 0 Å². The van der Waals surface area contributed by atoms with E-state index in [0.29, 0.717) is 41.6 Å². The Morgan fingerprint density at radius 1 is 0.970 bits per heavy atom. The summed E-state index contributed by atoms with van der Waals surface area (Å²) in [5, 5.41) is 2.79. The number of nitrogens with one attached hydrogen (secondary N) is 1. The average molecular weight is 477 g/mol. The zero-order chi connectivity index (χ0) is 24.8. The van der Waals surface area contributed by atoms with E-state index in [-0.39, 0.29) is 4.90 Å². The maximum absolute atomic E-state index is 12.9. The maximum atomic E-state index is 12.9. The van der Waals surface area contributed by atoms with Crippen LogP contribution in [0.4, 0.5) is 5.69 Å². The number of methoxy groups -OCH3 is 3. The first-order chi connectivity index (χ1) is 15.6. The molecule has 0 fully saturated rings. The van der Waals surface area contributed by atoms with E-state index in [1.165, 1.54) is 37.8 Å². The van der Waals surface area contributed by atoms with Gasteiger partial charge in [0.15, 0.2) is 11.5 Å². The van der Waals surface area contributed by atoms with Crippen molar-refractivity contribution in [1.82, 2.24) is 4.31 Å². The summed E-state index contributed by atoms with van der Waals surface area (Å²) in [6.07, 6.45) is 2.97. The lowest BCUT2D eigenvalue weighted by Gasteiger charge is -2.20. The van der Waals surface area contributed by atoms with Crippen LogP contribution in [0.1, 0.15) is 30.5 Å². The van der Waals surface area contributed by atoms with Gasteiger partial charge in [0.2, 0.25) is 21.7 Å². The van der Waals surface area contributed by atoms with Crippen LogP contribution in [-0.4, -0.2) is 53.0 Å². The number of sulfonamides is 1. The van der Waals surface area contributed by atoms with Gasteiger partial charge in [-0.1, -0.05) is 13.8 Å². The van der Waals surface area contributed by atoms with Gasteiger partial charge in [-0.05, 0) is 60.9 Å². The molecule has 0 aliphatic carbocycles. The van der Waals surface area contributed by atoms with Crippen molar-refractivity contribution in [2.75, 3.05) is 39.7 Å². The maximum Gasteiger partial charge on any atom is 0.248 e. The second kappa shape index (κ2) is 11.2. The molecule has 2 rings (SSSR count). The quantitative estimate of drug-likeness (QED) is 0.521. The Morgan fingerprint density at radius 3 is 2.03 bits per heavy atom. The molecule has 1 N–H and O–H groups in total. The molecule has 9 heteroatoms. The predicted octanol–water partition coefficient (Wildman–Crippen LogP) is 4.01. The van der Waals surface area contributed by atoms with Crippen molar-refractivity contribution in [3.8, 4) is 17.2 Å². The number of rotatable bonds is 10. The van der Waals surface area contributed by atoms with Gasteiger partial charge in [0.25, 0.3) is 0 Å². The summed E-state index contributed by atoms with van der Waals surface area (Å²) in [5.41, 5.74) is 2.68. The van der Waals surface area contributed by atoms with Crippen LogP contribution in [0.2, 0.25) is 0 Å². The van der Waals surface area contributed by atoms with Crippen LogP contribution in [-0.2, 0) is 14.8 Å². The Kier molecular flexibility index (Phi) is 8.90. The van der Waals surface area contributed by atoms with Gasteiger partial charge in [-0.3, -0.25) is 4.79 Å². The number of hydrogen-bond acceptors (Lipinski definition) is 6. The molecule has 33 heavy (non-hydrogen) atoms. The molecule has 0 aliphatic heterocycles. The molecule has 180 valence electrons. The van der Waals surface area contributed by atoms with E-state index in [0.717, 1.165) is 11.1 Å². The summed E-state index contributed by atoms with van der Waals surface area (Å²) in [6.45, 7) is 7.97. The Balaban J connectivity index is 2.34. The smallest absolute Gasteiger partial charge is 0.248 e. The normalized spacial score (nSPS) is 11.6. The second-order valence-corrected chi connectivity index (χ2v) is 9.22. The first-order valence-corrected chi connectivity index (χ1v) is 12.0. The van der Waals surface area contributed by atoms with E-state index in [1.54, 1.807) is 38.1 Å². The third-order valence-corrected chi connectivity index (χ3v) is 7.38. The highest BCUT2D eigenvalue weighted by Gasteiger charge is 2.23. The molecule has 0 bridgehead atoms. The fourth-order valence-electron chi connectivity index (χ4n) is 3.36. The minimum Gasteiger partial charge on any atom is -0.493 e. The molecule has 2 aromatic rings. The van der Waals surface area contributed by atoms with Gasteiger partial charge in [-0.15, -0.1) is 0 Å². The molecule has 0 aromatic heterocycles. The van der Waals surface area contributed by atoms with Crippen LogP contribution < -0.4 is 19.5 Å². The zero-order valence-electron chi connectivity index (χ0n) is 20.2. The summed E-state index contributed by atoms with van der Waals surface area (Å²) >= 11 is 0. The number of aryl methyl sites for hydroxylation is 1. The highest BCUT2D eigenvalue weighted by atomic mass is 32.2. The summed E-state index contributed by atoms with van der Waals surface area (Å²) in [6, 6.07) is 6.57. The minimum atomic E-state index is -3.65. The molecule has 0 atom stereocenters. The molecule has 2 aromatic carbocycles. The Labute approximate surface area is 196 Å². The van der Waals surface area contributed by atoms with Crippen LogP contribution in [0.3, 0.4) is 0 Å².